The molecule has 4 heteroatoms. The maximum atomic E-state index is 2.85. The molecule has 4 aliphatic rings. The van der Waals surface area contributed by atoms with E-state index in [2.05, 4.69) is 114 Å². The van der Waals surface area contributed by atoms with E-state index in [9.17, 15) is 0 Å². The van der Waals surface area contributed by atoms with E-state index in [1.54, 1.807) is 53.6 Å². The van der Waals surface area contributed by atoms with Crippen molar-refractivity contribution in [2.75, 3.05) is 0 Å². The first-order valence-electron chi connectivity index (χ1n) is 16.7. The van der Waals surface area contributed by atoms with Gasteiger partial charge in [-0.05, 0) is 100 Å². The van der Waals surface area contributed by atoms with Gasteiger partial charge in [0.2, 0.25) is 0 Å². The summed E-state index contributed by atoms with van der Waals surface area (Å²) in [5.74, 6) is 4.21. The van der Waals surface area contributed by atoms with Gasteiger partial charge in [-0.15, -0.1) is 0 Å². The van der Waals surface area contributed by atoms with Crippen LogP contribution in [0.1, 0.15) is 106 Å². The van der Waals surface area contributed by atoms with Gasteiger partial charge in [0.05, 0.1) is 16.1 Å². The van der Waals surface area contributed by atoms with Crippen molar-refractivity contribution in [3.8, 4) is 0 Å². The Labute approximate surface area is 255 Å². The summed E-state index contributed by atoms with van der Waals surface area (Å²) in [5, 5.41) is 4.73. The van der Waals surface area contributed by atoms with Crippen LogP contribution in [0.4, 0.5) is 0 Å². The summed E-state index contributed by atoms with van der Waals surface area (Å²) in [6, 6.07) is 5.68. The topological polar surface area (TPSA) is 0 Å². The fourth-order valence-electron chi connectivity index (χ4n) is 9.25. The van der Waals surface area contributed by atoms with E-state index in [4.69, 9.17) is 0 Å². The molecule has 5 rings (SSSR count). The van der Waals surface area contributed by atoms with Crippen LogP contribution in [-0.2, 0) is 12.3 Å². The van der Waals surface area contributed by atoms with Crippen LogP contribution < -0.4 is 10.4 Å². The molecule has 0 saturated heterocycles. The van der Waals surface area contributed by atoms with Gasteiger partial charge < -0.3 is 0 Å². The van der Waals surface area contributed by atoms with E-state index in [0.29, 0.717) is 15.5 Å². The summed E-state index contributed by atoms with van der Waals surface area (Å²) in [6.45, 7) is 38.6. The maximum absolute atomic E-state index is 2.85. The summed E-state index contributed by atoms with van der Waals surface area (Å²) in [5.41, 5.74) is 4.56. The normalized spacial score (nSPS) is 28.4. The minimum absolute atomic E-state index is 0.0773. The zero-order valence-electron chi connectivity index (χ0n) is 29.4. The minimum atomic E-state index is -1.47. The molecule has 0 aliphatic heterocycles. The third-order valence-electron chi connectivity index (χ3n) is 10.6. The summed E-state index contributed by atoms with van der Waals surface area (Å²) in [6.07, 6.45) is 10.5. The molecule has 0 spiro atoms. The third-order valence-corrected chi connectivity index (χ3v) is 22.8. The van der Waals surface area contributed by atoms with Gasteiger partial charge in [-0.1, -0.05) is 140 Å². The van der Waals surface area contributed by atoms with Crippen LogP contribution in [-0.4, -0.2) is 37.3 Å². The molecule has 228 valence electrons. The Kier molecular flexibility index (Phi) is 9.31. The summed E-state index contributed by atoms with van der Waals surface area (Å²) < 4.78 is 0. The second-order valence-electron chi connectivity index (χ2n) is 19.3. The molecule has 0 radical (unpaired) electrons. The Morgan fingerprint density at radius 2 is 0.950 bits per heavy atom. The predicted octanol–water partition coefficient (Wildman–Crippen LogP) is 11.0. The standard InChI is InChI=1S/C36H66P2Si2/c1-34(2,3)37(33-27-17-25-16-26(19-27)20-28(33)18-25)23-29-21-31(39(10,11)12)32(40(13,14)15)22-30(29)24-38(35(4,5)6)36(7,8)9/h21-22,25-28,33H,16-20,23-24H2,1-15H3. The number of hydrogen-bond acceptors (Lipinski definition) is 0. The van der Waals surface area contributed by atoms with Crippen LogP contribution in [0.3, 0.4) is 0 Å². The first-order valence-corrected chi connectivity index (χ1v) is 26.8. The fourth-order valence-corrected chi connectivity index (χ4v) is 21.8. The van der Waals surface area contributed by atoms with Crippen molar-refractivity contribution in [1.82, 2.24) is 0 Å². The van der Waals surface area contributed by atoms with Gasteiger partial charge in [0, 0.05) is 0 Å². The van der Waals surface area contributed by atoms with Crippen molar-refractivity contribution < 1.29 is 0 Å². The second-order valence-corrected chi connectivity index (χ2v) is 36.4. The van der Waals surface area contributed by atoms with Crippen molar-refractivity contribution in [2.24, 2.45) is 23.7 Å². The Hall–Kier alpha value is 0.514. The monoisotopic (exact) mass is 616 g/mol. The van der Waals surface area contributed by atoms with E-state index in [0.717, 1.165) is 29.3 Å². The highest BCUT2D eigenvalue weighted by atomic mass is 31.1. The van der Waals surface area contributed by atoms with E-state index < -0.39 is 16.1 Å². The number of benzene rings is 1. The Balaban J connectivity index is 1.85. The van der Waals surface area contributed by atoms with Gasteiger partial charge in [-0.25, -0.2) is 0 Å². The molecule has 1 aromatic rings. The summed E-state index contributed by atoms with van der Waals surface area (Å²) in [7, 11) is -3.18. The molecule has 0 N–H and O–H groups in total. The van der Waals surface area contributed by atoms with Crippen LogP contribution >= 0.6 is 15.8 Å². The molecule has 0 heterocycles. The molecule has 40 heavy (non-hydrogen) atoms. The molecule has 4 fully saturated rings. The number of rotatable bonds is 7. The molecular weight excluding hydrogens is 551 g/mol. The first kappa shape index (κ1) is 33.4. The van der Waals surface area contributed by atoms with E-state index in [1.807, 2.05) is 0 Å². The molecule has 0 aromatic heterocycles. The zero-order valence-corrected chi connectivity index (χ0v) is 33.2. The van der Waals surface area contributed by atoms with Crippen LogP contribution in [0.25, 0.3) is 0 Å². The molecule has 1 atom stereocenters. The highest BCUT2D eigenvalue weighted by Gasteiger charge is 2.52. The lowest BCUT2D eigenvalue weighted by molar-refractivity contribution is 0.0242. The van der Waals surface area contributed by atoms with Gasteiger partial charge in [0.1, 0.15) is 0 Å². The van der Waals surface area contributed by atoms with Crippen molar-refractivity contribution in [3.63, 3.8) is 0 Å². The largest absolute Gasteiger partial charge is 0.0929 e. The van der Waals surface area contributed by atoms with Crippen LogP contribution in [0.5, 0.6) is 0 Å². The zero-order chi connectivity index (χ0) is 30.2. The third kappa shape index (κ3) is 7.24. The molecule has 1 unspecified atom stereocenters. The Morgan fingerprint density at radius 3 is 1.27 bits per heavy atom. The maximum Gasteiger partial charge on any atom is 0.0774 e. The average Bonchev–Trinajstić information content (AvgIpc) is 2.72. The smallest absolute Gasteiger partial charge is 0.0774 e. The van der Waals surface area contributed by atoms with Crippen molar-refractivity contribution in [1.29, 1.82) is 0 Å². The van der Waals surface area contributed by atoms with Gasteiger partial charge >= 0.3 is 0 Å². The van der Waals surface area contributed by atoms with Crippen LogP contribution in [0.2, 0.25) is 39.3 Å². The lowest BCUT2D eigenvalue weighted by atomic mass is 9.56. The highest BCUT2D eigenvalue weighted by molar-refractivity contribution is 7.60. The number of hydrogen-bond donors (Lipinski definition) is 0. The van der Waals surface area contributed by atoms with E-state index >= 15 is 0 Å². The fraction of sp³-hybridized carbons (Fsp3) is 0.833. The molecule has 0 nitrogen and oxygen atoms in total. The van der Waals surface area contributed by atoms with Gasteiger partial charge in [-0.2, -0.15) is 0 Å². The van der Waals surface area contributed by atoms with Crippen molar-refractivity contribution in [2.45, 2.75) is 167 Å². The molecule has 0 amide bonds. The second kappa shape index (κ2) is 11.1. The van der Waals surface area contributed by atoms with Gasteiger partial charge in [0.15, 0.2) is 0 Å². The van der Waals surface area contributed by atoms with Crippen LogP contribution in [0.15, 0.2) is 12.1 Å². The lowest BCUT2D eigenvalue weighted by Gasteiger charge is -2.58. The predicted molar refractivity (Wildman–Crippen MR) is 194 cm³/mol. The van der Waals surface area contributed by atoms with Gasteiger partial charge in [0.25, 0.3) is 0 Å². The average molecular weight is 617 g/mol. The molecular formula is C36H66P2Si2. The molecule has 4 saturated carbocycles. The van der Waals surface area contributed by atoms with Crippen LogP contribution in [0, 0.1) is 23.7 Å². The summed E-state index contributed by atoms with van der Waals surface area (Å²) >= 11 is 0. The van der Waals surface area contributed by atoms with Crippen molar-refractivity contribution in [3.05, 3.63) is 23.3 Å². The SMILES string of the molecule is CC(C)(C)P(Cc1cc([Si](C)(C)C)c([Si](C)(C)C)cc1CP(C(C)(C)C)C(C)(C)C)C1C2CC3CC(C2)CC1C3. The van der Waals surface area contributed by atoms with E-state index in [1.165, 1.54) is 12.3 Å². The Morgan fingerprint density at radius 1 is 0.575 bits per heavy atom. The lowest BCUT2D eigenvalue weighted by Crippen LogP contribution is -2.56. The first-order chi connectivity index (χ1) is 18.0. The van der Waals surface area contributed by atoms with Gasteiger partial charge in [-0.3, -0.25) is 0 Å². The molecule has 4 bridgehead atoms. The highest BCUT2D eigenvalue weighted by Crippen LogP contribution is 2.69. The quantitative estimate of drug-likeness (QED) is 0.211. The Bertz CT molecular complexity index is 1010. The van der Waals surface area contributed by atoms with Crippen molar-refractivity contribution >= 4 is 42.4 Å². The summed E-state index contributed by atoms with van der Waals surface area (Å²) in [4.78, 5) is 0. The molecule has 4 aliphatic carbocycles. The van der Waals surface area contributed by atoms with E-state index in [-0.39, 0.29) is 15.8 Å². The minimum Gasteiger partial charge on any atom is -0.0929 e. The molecule has 1 aromatic carbocycles.